The maximum Gasteiger partial charge on any atom is 0.243 e. The molecule has 0 spiro atoms. The van der Waals surface area contributed by atoms with Crippen LogP contribution in [0, 0.1) is 6.92 Å². The Morgan fingerprint density at radius 1 is 1.03 bits per heavy atom. The number of nitrogens with zero attached hydrogens (tertiary/aromatic N) is 5. The quantitative estimate of drug-likeness (QED) is 0.659. The van der Waals surface area contributed by atoms with Crippen molar-refractivity contribution < 1.29 is 17.9 Å². The number of aromatic nitrogens is 2. The van der Waals surface area contributed by atoms with Crippen molar-refractivity contribution in [1.82, 2.24) is 14.3 Å². The SMILES string of the molecule is CCOc1ccc(S(=O)(=O)N2CCN(c3ccnc(N4CCOCC4)n3)CC2)cc1C. The highest BCUT2D eigenvalue weighted by Crippen LogP contribution is 2.25. The van der Waals surface area contributed by atoms with Crippen molar-refractivity contribution >= 4 is 21.8 Å². The van der Waals surface area contributed by atoms with E-state index in [1.807, 2.05) is 19.9 Å². The summed E-state index contributed by atoms with van der Waals surface area (Å²) in [5, 5.41) is 0. The molecule has 2 saturated heterocycles. The molecular weight excluding hydrogens is 418 g/mol. The topological polar surface area (TPSA) is 88.1 Å². The lowest BCUT2D eigenvalue weighted by Crippen LogP contribution is -2.49. The Kier molecular flexibility index (Phi) is 6.59. The van der Waals surface area contributed by atoms with Gasteiger partial charge in [0.05, 0.1) is 24.7 Å². The highest BCUT2D eigenvalue weighted by Gasteiger charge is 2.29. The van der Waals surface area contributed by atoms with Crippen molar-refractivity contribution in [2.24, 2.45) is 0 Å². The molecule has 4 rings (SSSR count). The van der Waals surface area contributed by atoms with Crippen LogP contribution in [-0.4, -0.2) is 81.8 Å². The maximum absolute atomic E-state index is 13.1. The minimum atomic E-state index is -3.55. The Morgan fingerprint density at radius 2 is 1.77 bits per heavy atom. The van der Waals surface area contributed by atoms with Crippen LogP contribution in [0.15, 0.2) is 35.4 Å². The lowest BCUT2D eigenvalue weighted by atomic mass is 10.2. The molecule has 0 unspecified atom stereocenters. The fraction of sp³-hybridized carbons (Fsp3) is 0.524. The van der Waals surface area contributed by atoms with Gasteiger partial charge in [-0.15, -0.1) is 0 Å². The lowest BCUT2D eigenvalue weighted by molar-refractivity contribution is 0.122. The zero-order valence-electron chi connectivity index (χ0n) is 18.0. The van der Waals surface area contributed by atoms with E-state index in [2.05, 4.69) is 14.8 Å². The third-order valence-electron chi connectivity index (χ3n) is 5.57. The van der Waals surface area contributed by atoms with E-state index in [9.17, 15) is 8.42 Å². The molecule has 0 aliphatic carbocycles. The Labute approximate surface area is 183 Å². The molecule has 31 heavy (non-hydrogen) atoms. The predicted molar refractivity (Wildman–Crippen MR) is 118 cm³/mol. The van der Waals surface area contributed by atoms with Crippen molar-refractivity contribution in [2.45, 2.75) is 18.7 Å². The van der Waals surface area contributed by atoms with Gasteiger partial charge in [-0.25, -0.2) is 13.4 Å². The van der Waals surface area contributed by atoms with Gasteiger partial charge in [-0.05, 0) is 43.7 Å². The van der Waals surface area contributed by atoms with Gasteiger partial charge in [0.15, 0.2) is 0 Å². The fourth-order valence-corrected chi connectivity index (χ4v) is 5.35. The summed E-state index contributed by atoms with van der Waals surface area (Å²) in [6.45, 7) is 9.19. The van der Waals surface area contributed by atoms with Crippen molar-refractivity contribution in [1.29, 1.82) is 0 Å². The molecule has 0 bridgehead atoms. The number of rotatable bonds is 6. The second-order valence-corrected chi connectivity index (χ2v) is 9.50. The van der Waals surface area contributed by atoms with Crippen LogP contribution < -0.4 is 14.5 Å². The van der Waals surface area contributed by atoms with Gasteiger partial charge in [-0.2, -0.15) is 9.29 Å². The summed E-state index contributed by atoms with van der Waals surface area (Å²) in [7, 11) is -3.55. The van der Waals surface area contributed by atoms with Gasteiger partial charge in [0.1, 0.15) is 11.6 Å². The van der Waals surface area contributed by atoms with Crippen LogP contribution >= 0.6 is 0 Å². The van der Waals surface area contributed by atoms with Crippen LogP contribution in [0.5, 0.6) is 5.75 Å². The first-order chi connectivity index (χ1) is 15.0. The van der Waals surface area contributed by atoms with E-state index in [-0.39, 0.29) is 0 Å². The molecule has 1 aromatic carbocycles. The van der Waals surface area contributed by atoms with Gasteiger partial charge < -0.3 is 19.3 Å². The normalized spacial score (nSPS) is 18.3. The third kappa shape index (κ3) is 4.76. The molecule has 0 N–H and O–H groups in total. The molecule has 2 aromatic rings. The molecule has 0 amide bonds. The summed E-state index contributed by atoms with van der Waals surface area (Å²) >= 11 is 0. The monoisotopic (exact) mass is 447 g/mol. The number of piperazine rings is 1. The van der Waals surface area contributed by atoms with Crippen LogP contribution in [0.4, 0.5) is 11.8 Å². The van der Waals surface area contributed by atoms with Gasteiger partial charge in [-0.3, -0.25) is 0 Å². The molecule has 1 aromatic heterocycles. The van der Waals surface area contributed by atoms with Crippen LogP contribution in [0.3, 0.4) is 0 Å². The Morgan fingerprint density at radius 3 is 2.45 bits per heavy atom. The smallest absolute Gasteiger partial charge is 0.243 e. The number of sulfonamides is 1. The second kappa shape index (κ2) is 9.37. The molecule has 2 fully saturated rings. The van der Waals surface area contributed by atoms with E-state index in [0.29, 0.717) is 62.6 Å². The molecule has 9 nitrogen and oxygen atoms in total. The van der Waals surface area contributed by atoms with Crippen LogP contribution in [0.2, 0.25) is 0 Å². The number of anilines is 2. The van der Waals surface area contributed by atoms with E-state index >= 15 is 0 Å². The van der Waals surface area contributed by atoms with Crippen molar-refractivity contribution in [2.75, 3.05) is 68.9 Å². The summed E-state index contributed by atoms with van der Waals surface area (Å²) in [6, 6.07) is 6.92. The first-order valence-corrected chi connectivity index (χ1v) is 12.1. The van der Waals surface area contributed by atoms with E-state index in [0.717, 1.165) is 24.5 Å². The second-order valence-electron chi connectivity index (χ2n) is 7.57. The molecule has 10 heteroatoms. The molecule has 3 heterocycles. The van der Waals surface area contributed by atoms with Crippen LogP contribution in [0.1, 0.15) is 12.5 Å². The highest BCUT2D eigenvalue weighted by molar-refractivity contribution is 7.89. The third-order valence-corrected chi connectivity index (χ3v) is 7.46. The summed E-state index contributed by atoms with van der Waals surface area (Å²) in [5.41, 5.74) is 0.818. The first kappa shape index (κ1) is 21.8. The zero-order valence-corrected chi connectivity index (χ0v) is 18.8. The Bertz CT molecular complexity index is 1000. The minimum absolute atomic E-state index is 0.304. The molecular formula is C21H29N5O4S. The van der Waals surface area contributed by atoms with E-state index in [1.54, 1.807) is 28.7 Å². The van der Waals surface area contributed by atoms with Gasteiger partial charge in [-0.1, -0.05) is 0 Å². The number of morpholine rings is 1. The Hall–Kier alpha value is -2.43. The molecule has 2 aliphatic heterocycles. The highest BCUT2D eigenvalue weighted by atomic mass is 32.2. The van der Waals surface area contributed by atoms with Crippen LogP contribution in [-0.2, 0) is 14.8 Å². The number of benzene rings is 1. The molecule has 2 aliphatic rings. The van der Waals surface area contributed by atoms with Crippen LogP contribution in [0.25, 0.3) is 0 Å². The molecule has 0 saturated carbocycles. The standard InChI is InChI=1S/C21H29N5O4S/c1-3-30-19-5-4-18(16-17(19)2)31(27,28)26-10-8-24(9-11-26)20-6-7-22-21(23-20)25-12-14-29-15-13-25/h4-7,16H,3,8-15H2,1-2H3. The van der Waals surface area contributed by atoms with E-state index in [4.69, 9.17) is 14.5 Å². The van der Waals surface area contributed by atoms with Crippen molar-refractivity contribution in [3.8, 4) is 5.75 Å². The number of aryl methyl sites for hydroxylation is 1. The van der Waals surface area contributed by atoms with Gasteiger partial charge in [0.25, 0.3) is 0 Å². The average molecular weight is 448 g/mol. The summed E-state index contributed by atoms with van der Waals surface area (Å²) in [6.07, 6.45) is 1.76. The van der Waals surface area contributed by atoms with Gasteiger partial charge in [0, 0.05) is 45.5 Å². The Balaban J connectivity index is 1.43. The number of ether oxygens (including phenoxy) is 2. The van der Waals surface area contributed by atoms with E-state index in [1.165, 1.54) is 0 Å². The minimum Gasteiger partial charge on any atom is -0.494 e. The summed E-state index contributed by atoms with van der Waals surface area (Å²) < 4.78 is 38.7. The van der Waals surface area contributed by atoms with Crippen molar-refractivity contribution in [3.63, 3.8) is 0 Å². The van der Waals surface area contributed by atoms with Crippen molar-refractivity contribution in [3.05, 3.63) is 36.0 Å². The predicted octanol–water partition coefficient (Wildman–Crippen LogP) is 1.53. The van der Waals surface area contributed by atoms with Gasteiger partial charge >= 0.3 is 0 Å². The fourth-order valence-electron chi connectivity index (χ4n) is 3.84. The average Bonchev–Trinajstić information content (AvgIpc) is 2.81. The summed E-state index contributed by atoms with van der Waals surface area (Å²) in [5.74, 6) is 2.23. The molecule has 168 valence electrons. The molecule has 0 radical (unpaired) electrons. The van der Waals surface area contributed by atoms with E-state index < -0.39 is 10.0 Å². The molecule has 0 atom stereocenters. The first-order valence-electron chi connectivity index (χ1n) is 10.6. The zero-order chi connectivity index (χ0) is 21.8. The van der Waals surface area contributed by atoms with Gasteiger partial charge in [0.2, 0.25) is 16.0 Å². The largest absolute Gasteiger partial charge is 0.494 e. The number of hydrogen-bond acceptors (Lipinski definition) is 8. The lowest BCUT2D eigenvalue weighted by Gasteiger charge is -2.35. The summed E-state index contributed by atoms with van der Waals surface area (Å²) in [4.78, 5) is 13.6. The number of hydrogen-bond donors (Lipinski definition) is 0. The maximum atomic E-state index is 13.1.